The molecule has 0 amide bonds. The van der Waals surface area contributed by atoms with Gasteiger partial charge >= 0.3 is 0 Å². The van der Waals surface area contributed by atoms with Gasteiger partial charge in [0.2, 0.25) is 11.9 Å². The molecule has 0 unspecified atom stereocenters. The van der Waals surface area contributed by atoms with Crippen molar-refractivity contribution in [3.63, 3.8) is 0 Å². The molecule has 19 heavy (non-hydrogen) atoms. The average Bonchev–Trinajstić information content (AvgIpc) is 2.39. The molecular formula is C12H15N5O2. The molecule has 0 aliphatic rings. The van der Waals surface area contributed by atoms with Gasteiger partial charge in [-0.3, -0.25) is 0 Å². The molecule has 0 spiro atoms. The van der Waals surface area contributed by atoms with E-state index in [4.69, 9.17) is 20.9 Å². The van der Waals surface area contributed by atoms with Gasteiger partial charge < -0.3 is 20.9 Å². The van der Waals surface area contributed by atoms with Gasteiger partial charge in [0.05, 0.1) is 0 Å². The van der Waals surface area contributed by atoms with Crippen LogP contribution in [0.5, 0.6) is 0 Å². The number of benzene rings is 1. The van der Waals surface area contributed by atoms with E-state index in [1.165, 1.54) is 0 Å². The maximum atomic E-state index is 5.58. The summed E-state index contributed by atoms with van der Waals surface area (Å²) in [7, 11) is 3.11. The van der Waals surface area contributed by atoms with Crippen LogP contribution in [0.25, 0.3) is 11.4 Å². The zero-order valence-corrected chi connectivity index (χ0v) is 10.7. The standard InChI is InChI=1S/C12H15N5O2/c1-18-10(19-2)8-6-4-3-5-7(8)9-15-11(13)17-12(14)16-9/h3-6,10H,1-2H3,(H4,13,14,15,16,17). The summed E-state index contributed by atoms with van der Waals surface area (Å²) in [5.41, 5.74) is 12.7. The molecule has 0 bridgehead atoms. The Labute approximate surface area is 110 Å². The van der Waals surface area contributed by atoms with Crippen molar-refractivity contribution >= 4 is 11.9 Å². The third kappa shape index (κ3) is 2.78. The van der Waals surface area contributed by atoms with Gasteiger partial charge in [-0.2, -0.15) is 15.0 Å². The lowest BCUT2D eigenvalue weighted by molar-refractivity contribution is -0.105. The first-order valence-corrected chi connectivity index (χ1v) is 5.57. The summed E-state index contributed by atoms with van der Waals surface area (Å²) >= 11 is 0. The number of hydrogen-bond donors (Lipinski definition) is 2. The van der Waals surface area contributed by atoms with Crippen molar-refractivity contribution < 1.29 is 9.47 Å². The molecule has 2 rings (SSSR count). The predicted molar refractivity (Wildman–Crippen MR) is 70.8 cm³/mol. The molecule has 7 nitrogen and oxygen atoms in total. The molecule has 1 aromatic heterocycles. The zero-order valence-electron chi connectivity index (χ0n) is 10.7. The second-order valence-corrected chi connectivity index (χ2v) is 3.77. The second-order valence-electron chi connectivity index (χ2n) is 3.77. The number of rotatable bonds is 4. The molecular weight excluding hydrogens is 246 g/mol. The number of ether oxygens (including phenoxy) is 2. The molecule has 0 aliphatic carbocycles. The van der Waals surface area contributed by atoms with E-state index in [1.54, 1.807) is 14.2 Å². The van der Waals surface area contributed by atoms with Crippen LogP contribution < -0.4 is 11.5 Å². The fraction of sp³-hybridized carbons (Fsp3) is 0.250. The van der Waals surface area contributed by atoms with Crippen molar-refractivity contribution in [1.29, 1.82) is 0 Å². The van der Waals surface area contributed by atoms with E-state index < -0.39 is 6.29 Å². The van der Waals surface area contributed by atoms with Gasteiger partial charge in [0, 0.05) is 25.3 Å². The van der Waals surface area contributed by atoms with E-state index in [0.717, 1.165) is 11.1 Å². The Morgan fingerprint density at radius 2 is 1.53 bits per heavy atom. The lowest BCUT2D eigenvalue weighted by Gasteiger charge is -2.17. The van der Waals surface area contributed by atoms with Gasteiger partial charge in [0.1, 0.15) is 0 Å². The van der Waals surface area contributed by atoms with Gasteiger partial charge in [0.25, 0.3) is 0 Å². The molecule has 1 aromatic carbocycles. The Morgan fingerprint density at radius 3 is 2.11 bits per heavy atom. The summed E-state index contributed by atoms with van der Waals surface area (Å²) < 4.78 is 10.5. The number of aromatic nitrogens is 3. The number of anilines is 2. The fourth-order valence-electron chi connectivity index (χ4n) is 1.79. The van der Waals surface area contributed by atoms with E-state index in [1.807, 2.05) is 24.3 Å². The minimum absolute atomic E-state index is 0.0729. The van der Waals surface area contributed by atoms with E-state index in [2.05, 4.69) is 15.0 Å². The van der Waals surface area contributed by atoms with E-state index >= 15 is 0 Å². The molecule has 0 saturated carbocycles. The topological polar surface area (TPSA) is 109 Å². The van der Waals surface area contributed by atoms with Crippen LogP contribution in [0.4, 0.5) is 11.9 Å². The lowest BCUT2D eigenvalue weighted by atomic mass is 10.1. The normalized spacial score (nSPS) is 10.9. The van der Waals surface area contributed by atoms with Gasteiger partial charge in [-0.05, 0) is 0 Å². The Bertz CT molecular complexity index is 552. The highest BCUT2D eigenvalue weighted by molar-refractivity contribution is 5.62. The average molecular weight is 261 g/mol. The Morgan fingerprint density at radius 1 is 0.947 bits per heavy atom. The SMILES string of the molecule is COC(OC)c1ccccc1-c1nc(N)nc(N)n1. The monoisotopic (exact) mass is 261 g/mol. The van der Waals surface area contributed by atoms with Crippen LogP contribution in [-0.2, 0) is 9.47 Å². The summed E-state index contributed by atoms with van der Waals surface area (Å²) in [5, 5.41) is 0. The predicted octanol–water partition coefficient (Wildman–Crippen LogP) is 0.994. The molecule has 4 N–H and O–H groups in total. The van der Waals surface area contributed by atoms with Crippen LogP contribution in [0.1, 0.15) is 11.9 Å². The summed E-state index contributed by atoms with van der Waals surface area (Å²) in [6.45, 7) is 0. The van der Waals surface area contributed by atoms with E-state index in [0.29, 0.717) is 5.82 Å². The van der Waals surface area contributed by atoms with Crippen LogP contribution in [0.3, 0.4) is 0 Å². The van der Waals surface area contributed by atoms with Gasteiger partial charge in [0.15, 0.2) is 12.1 Å². The van der Waals surface area contributed by atoms with Crippen molar-refractivity contribution in [3.8, 4) is 11.4 Å². The Balaban J connectivity index is 2.55. The first-order valence-electron chi connectivity index (χ1n) is 5.57. The van der Waals surface area contributed by atoms with Crippen molar-refractivity contribution in [2.24, 2.45) is 0 Å². The molecule has 1 heterocycles. The van der Waals surface area contributed by atoms with E-state index in [-0.39, 0.29) is 11.9 Å². The van der Waals surface area contributed by atoms with Crippen molar-refractivity contribution in [2.75, 3.05) is 25.7 Å². The van der Waals surface area contributed by atoms with Crippen LogP contribution >= 0.6 is 0 Å². The van der Waals surface area contributed by atoms with Crippen LogP contribution in [0.15, 0.2) is 24.3 Å². The third-order valence-corrected chi connectivity index (χ3v) is 2.55. The minimum Gasteiger partial charge on any atom is -0.368 e. The van der Waals surface area contributed by atoms with Crippen molar-refractivity contribution in [1.82, 2.24) is 15.0 Å². The molecule has 0 fully saturated rings. The largest absolute Gasteiger partial charge is 0.368 e. The van der Waals surface area contributed by atoms with Gasteiger partial charge in [-0.1, -0.05) is 24.3 Å². The third-order valence-electron chi connectivity index (χ3n) is 2.55. The molecule has 0 radical (unpaired) electrons. The highest BCUT2D eigenvalue weighted by Gasteiger charge is 2.17. The smallest absolute Gasteiger partial charge is 0.225 e. The number of nitrogen functional groups attached to an aromatic ring is 2. The van der Waals surface area contributed by atoms with Gasteiger partial charge in [-0.15, -0.1) is 0 Å². The van der Waals surface area contributed by atoms with Crippen LogP contribution in [-0.4, -0.2) is 29.2 Å². The van der Waals surface area contributed by atoms with Gasteiger partial charge in [-0.25, -0.2) is 0 Å². The number of methoxy groups -OCH3 is 2. The molecule has 100 valence electrons. The maximum absolute atomic E-state index is 5.58. The highest BCUT2D eigenvalue weighted by atomic mass is 16.7. The van der Waals surface area contributed by atoms with Crippen LogP contribution in [0, 0.1) is 0 Å². The Kier molecular flexibility index (Phi) is 3.88. The number of hydrogen-bond acceptors (Lipinski definition) is 7. The summed E-state index contributed by atoms with van der Waals surface area (Å²) in [5.74, 6) is 0.534. The quantitative estimate of drug-likeness (QED) is 0.790. The molecule has 0 saturated heterocycles. The number of nitrogens with zero attached hydrogens (tertiary/aromatic N) is 3. The van der Waals surface area contributed by atoms with E-state index in [9.17, 15) is 0 Å². The molecule has 2 aromatic rings. The second kappa shape index (κ2) is 5.59. The first kappa shape index (κ1) is 13.2. The highest BCUT2D eigenvalue weighted by Crippen LogP contribution is 2.28. The lowest BCUT2D eigenvalue weighted by Crippen LogP contribution is -2.08. The first-order chi connectivity index (χ1) is 9.15. The summed E-state index contributed by atoms with van der Waals surface area (Å²) in [6.07, 6.45) is -0.518. The Hall–Kier alpha value is -2.25. The molecule has 7 heteroatoms. The fourth-order valence-corrected chi connectivity index (χ4v) is 1.79. The number of nitrogens with two attached hydrogens (primary N) is 2. The minimum atomic E-state index is -0.518. The van der Waals surface area contributed by atoms with Crippen molar-refractivity contribution in [3.05, 3.63) is 29.8 Å². The van der Waals surface area contributed by atoms with Crippen molar-refractivity contribution in [2.45, 2.75) is 6.29 Å². The molecule has 0 atom stereocenters. The van der Waals surface area contributed by atoms with Crippen LogP contribution in [0.2, 0.25) is 0 Å². The summed E-state index contributed by atoms with van der Waals surface area (Å²) in [6, 6.07) is 7.44. The zero-order chi connectivity index (χ0) is 13.8. The maximum Gasteiger partial charge on any atom is 0.225 e. The summed E-state index contributed by atoms with van der Waals surface area (Å²) in [4.78, 5) is 11.9. The molecule has 0 aliphatic heterocycles.